The molecule has 0 aromatic rings. The van der Waals surface area contributed by atoms with Gasteiger partial charge in [-0.3, -0.25) is 4.79 Å². The van der Waals surface area contributed by atoms with E-state index < -0.39 is 24.6 Å². The summed E-state index contributed by atoms with van der Waals surface area (Å²) in [7, 11) is -2.34. The largest absolute Gasteiger partial charge is 0.484 e. The molecular weight excluding hydrogens is 280 g/mol. The van der Waals surface area contributed by atoms with Crippen LogP contribution < -0.4 is 0 Å². The van der Waals surface area contributed by atoms with Crippen molar-refractivity contribution < 1.29 is 18.1 Å². The average molecular weight is 309 g/mol. The van der Waals surface area contributed by atoms with E-state index in [2.05, 4.69) is 6.92 Å². The minimum absolute atomic E-state index is 0.663. The highest BCUT2D eigenvalue weighted by Crippen LogP contribution is 2.11. The summed E-state index contributed by atoms with van der Waals surface area (Å²) in [6.07, 6.45) is 9.97. The molecule has 1 atom stereocenters. The number of carboxylic acid groups (broad SMARTS) is 1. The molecule has 7 heteroatoms. The minimum atomic E-state index is -2.02. The van der Waals surface area contributed by atoms with Crippen LogP contribution in [0.15, 0.2) is 0 Å². The lowest BCUT2D eigenvalue weighted by Gasteiger charge is -2.11. The second kappa shape index (κ2) is 13.5. The maximum absolute atomic E-state index is 11.0. The Morgan fingerprint density at radius 3 is 2.22 bits per heavy atom. The Morgan fingerprint density at radius 1 is 1.17 bits per heavy atom. The zero-order valence-electron chi connectivity index (χ0n) is 11.8. The van der Waals surface area contributed by atoms with E-state index in [1.165, 1.54) is 38.5 Å². The molecule has 0 aromatic carbocycles. The maximum Gasteiger partial charge on any atom is 0.296 e. The van der Waals surface area contributed by atoms with Crippen LogP contribution in [0, 0.1) is 0 Å². The van der Waals surface area contributed by atoms with Gasteiger partial charge in [0.05, 0.1) is 0 Å². The van der Waals surface area contributed by atoms with E-state index in [9.17, 15) is 4.79 Å². The van der Waals surface area contributed by atoms with Crippen LogP contribution >= 0.6 is 0 Å². The molecule has 0 aromatic heterocycles. The van der Waals surface area contributed by atoms with Gasteiger partial charge in [-0.15, -0.1) is 0 Å². The molecule has 0 rings (SSSR count). The normalized spacial score (nSPS) is 13.4. The van der Waals surface area contributed by atoms with Crippen LogP contribution in [0.5, 0.6) is 0 Å². The minimum Gasteiger partial charge on any atom is -0.484 e. The summed E-state index contributed by atoms with van der Waals surface area (Å²) in [5.74, 6) is 0. The summed E-state index contributed by atoms with van der Waals surface area (Å²) in [5, 5.41) is 9.01. The zero-order chi connectivity index (χ0) is 13.6. The van der Waals surface area contributed by atoms with E-state index in [4.69, 9.17) is 13.3 Å². The topological polar surface area (TPSA) is 55.8 Å². The monoisotopic (exact) mass is 308 g/mol. The van der Waals surface area contributed by atoms with Crippen molar-refractivity contribution in [1.82, 2.24) is 0 Å². The maximum atomic E-state index is 11.0. The third-order valence-electron chi connectivity index (χ3n) is 2.98. The number of hydrogen-bond acceptors (Lipinski definition) is 3. The molecule has 0 fully saturated rings. The molecule has 0 aliphatic rings. The first kappa shape index (κ1) is 18.0. The van der Waals surface area contributed by atoms with Gasteiger partial charge in [-0.2, -0.15) is 0 Å². The summed E-state index contributed by atoms with van der Waals surface area (Å²) < 4.78 is 10.4. The molecule has 0 radical (unpaired) electrons. The lowest BCUT2D eigenvalue weighted by atomic mass is 10.1. The fourth-order valence-electron chi connectivity index (χ4n) is 1.89. The SMILES string of the molecule is CCCCCCCCCC[SiH](O[SiH2]O[SiH3])C(=O)O. The van der Waals surface area contributed by atoms with E-state index in [1.54, 1.807) is 0 Å². The fourth-order valence-corrected chi connectivity index (χ4v) is 6.46. The highest BCUT2D eigenvalue weighted by Gasteiger charge is 2.20. The smallest absolute Gasteiger partial charge is 0.296 e. The summed E-state index contributed by atoms with van der Waals surface area (Å²) in [4.78, 5) is 11.0. The Balaban J connectivity index is 3.40. The van der Waals surface area contributed by atoms with E-state index in [1.807, 2.05) is 0 Å². The molecule has 0 saturated heterocycles. The second-order valence-corrected chi connectivity index (χ2v) is 10.6. The van der Waals surface area contributed by atoms with Crippen LogP contribution in [-0.2, 0) is 8.23 Å². The summed E-state index contributed by atoms with van der Waals surface area (Å²) in [5.41, 5.74) is -0.704. The van der Waals surface area contributed by atoms with E-state index in [-0.39, 0.29) is 0 Å². The summed E-state index contributed by atoms with van der Waals surface area (Å²) >= 11 is 0. The molecule has 0 bridgehead atoms. The lowest BCUT2D eigenvalue weighted by Crippen LogP contribution is -2.30. The molecule has 0 aliphatic heterocycles. The van der Waals surface area contributed by atoms with Crippen molar-refractivity contribution in [3.05, 3.63) is 0 Å². The summed E-state index contributed by atoms with van der Waals surface area (Å²) in [6, 6.07) is 0.766. The predicted molar refractivity (Wildman–Crippen MR) is 83.2 cm³/mol. The summed E-state index contributed by atoms with van der Waals surface area (Å²) in [6.45, 7) is 2.22. The van der Waals surface area contributed by atoms with Crippen molar-refractivity contribution in [2.75, 3.05) is 0 Å². The van der Waals surface area contributed by atoms with Crippen LogP contribution in [0.2, 0.25) is 6.04 Å². The van der Waals surface area contributed by atoms with Crippen molar-refractivity contribution in [2.45, 2.75) is 64.3 Å². The van der Waals surface area contributed by atoms with E-state index in [0.717, 1.165) is 18.9 Å². The van der Waals surface area contributed by atoms with Crippen molar-refractivity contribution in [2.24, 2.45) is 0 Å². The standard InChI is InChI=1S/C11H28O4Si3/c1-2-3-4-5-6-7-8-9-10-18(11(12)13)15-17-14-16/h18H,2-10,17H2,1,16H3,(H,12,13). The molecule has 18 heavy (non-hydrogen) atoms. The molecule has 0 amide bonds. The molecule has 0 saturated carbocycles. The molecule has 4 nitrogen and oxygen atoms in total. The van der Waals surface area contributed by atoms with Crippen LogP contribution in [0.1, 0.15) is 58.3 Å². The Hall–Kier alpha value is 0.0406. The van der Waals surface area contributed by atoms with Gasteiger partial charge in [-0.05, 0) is 6.04 Å². The van der Waals surface area contributed by atoms with Crippen LogP contribution in [0.4, 0.5) is 4.79 Å². The van der Waals surface area contributed by atoms with Crippen LogP contribution in [-0.4, -0.2) is 40.2 Å². The first-order chi connectivity index (χ1) is 8.72. The molecule has 1 N–H and O–H groups in total. The zero-order valence-corrected chi connectivity index (χ0v) is 16.4. The number of carbonyl (C=O) groups is 1. The van der Waals surface area contributed by atoms with E-state index in [0.29, 0.717) is 10.5 Å². The Morgan fingerprint density at radius 2 is 1.72 bits per heavy atom. The van der Waals surface area contributed by atoms with Crippen LogP contribution in [0.3, 0.4) is 0 Å². The van der Waals surface area contributed by atoms with Gasteiger partial charge in [0.2, 0.25) is 0 Å². The molecule has 108 valence electrons. The number of hydrogen-bond donors (Lipinski definition) is 1. The highest BCUT2D eigenvalue weighted by atomic mass is 28.4. The first-order valence-corrected chi connectivity index (χ1v) is 10.9. The third-order valence-corrected chi connectivity index (χ3v) is 7.56. The average Bonchev–Trinajstić information content (AvgIpc) is 2.35. The van der Waals surface area contributed by atoms with Gasteiger partial charge >= 0.3 is 0 Å². The highest BCUT2D eigenvalue weighted by molar-refractivity contribution is 6.85. The Kier molecular flexibility index (Phi) is 13.5. The van der Waals surface area contributed by atoms with Crippen molar-refractivity contribution in [3.8, 4) is 0 Å². The van der Waals surface area contributed by atoms with E-state index >= 15 is 0 Å². The van der Waals surface area contributed by atoms with Gasteiger partial charge < -0.3 is 13.3 Å². The predicted octanol–water partition coefficient (Wildman–Crippen LogP) is 1.42. The van der Waals surface area contributed by atoms with Crippen molar-refractivity contribution >= 4 is 35.1 Å². The van der Waals surface area contributed by atoms with Crippen molar-refractivity contribution in [1.29, 1.82) is 0 Å². The number of unbranched alkanes of at least 4 members (excludes halogenated alkanes) is 7. The van der Waals surface area contributed by atoms with Crippen molar-refractivity contribution in [3.63, 3.8) is 0 Å². The lowest BCUT2D eigenvalue weighted by molar-refractivity contribution is 0.215. The Labute approximate surface area is 118 Å². The molecular formula is C11H28O4Si3. The molecule has 0 heterocycles. The van der Waals surface area contributed by atoms with Gasteiger partial charge in [0.15, 0.2) is 0 Å². The van der Waals surface area contributed by atoms with Gasteiger partial charge in [0.1, 0.15) is 10.5 Å². The molecule has 0 aliphatic carbocycles. The third kappa shape index (κ3) is 11.1. The van der Waals surface area contributed by atoms with Gasteiger partial charge in [-0.25, -0.2) is 0 Å². The second-order valence-electron chi connectivity index (χ2n) is 4.66. The van der Waals surface area contributed by atoms with Gasteiger partial charge in [0.25, 0.3) is 24.6 Å². The fraction of sp³-hybridized carbons (Fsp3) is 0.909. The number of rotatable bonds is 13. The molecule has 1 unspecified atom stereocenters. The Bertz CT molecular complexity index is 205. The first-order valence-electron chi connectivity index (χ1n) is 7.05. The van der Waals surface area contributed by atoms with Crippen LogP contribution in [0.25, 0.3) is 0 Å². The van der Waals surface area contributed by atoms with Gasteiger partial charge in [-0.1, -0.05) is 58.3 Å². The molecule has 0 spiro atoms. The van der Waals surface area contributed by atoms with Gasteiger partial charge in [0, 0.05) is 0 Å². The quantitative estimate of drug-likeness (QED) is 0.413.